The molecule has 0 aliphatic carbocycles. The molecule has 3 rings (SSSR count). The summed E-state index contributed by atoms with van der Waals surface area (Å²) in [6.45, 7) is 4.04. The van der Waals surface area contributed by atoms with E-state index in [1.165, 1.54) is 6.92 Å². The van der Waals surface area contributed by atoms with E-state index < -0.39 is 0 Å². The summed E-state index contributed by atoms with van der Waals surface area (Å²) in [6, 6.07) is 8.96. The molecule has 1 aliphatic rings. The van der Waals surface area contributed by atoms with Crippen molar-refractivity contribution in [3.63, 3.8) is 0 Å². The Labute approximate surface area is 133 Å². The number of anilines is 2. The highest BCUT2D eigenvalue weighted by Gasteiger charge is 2.24. The second kappa shape index (κ2) is 6.51. The molecule has 7 heteroatoms. The van der Waals surface area contributed by atoms with E-state index in [1.54, 1.807) is 23.2 Å². The summed E-state index contributed by atoms with van der Waals surface area (Å²) in [5, 5.41) is 2.52. The number of hydrogen-bond donors (Lipinski definition) is 1. The smallest absolute Gasteiger partial charge is 0.289 e. The minimum atomic E-state index is -0.234. The van der Waals surface area contributed by atoms with Crippen LogP contribution in [0.15, 0.2) is 40.9 Å². The number of amides is 2. The number of carbonyl (C=O) groups is 2. The Balaban J connectivity index is 1.60. The van der Waals surface area contributed by atoms with Crippen LogP contribution in [0.2, 0.25) is 0 Å². The third-order valence-electron chi connectivity index (χ3n) is 3.66. The highest BCUT2D eigenvalue weighted by atomic mass is 16.4. The van der Waals surface area contributed by atoms with Crippen LogP contribution in [0.1, 0.15) is 17.5 Å². The van der Waals surface area contributed by atoms with E-state index in [4.69, 9.17) is 4.42 Å². The molecule has 2 aromatic heterocycles. The maximum atomic E-state index is 12.4. The van der Waals surface area contributed by atoms with Crippen molar-refractivity contribution in [3.05, 3.63) is 42.3 Å². The predicted molar refractivity (Wildman–Crippen MR) is 85.4 cm³/mol. The van der Waals surface area contributed by atoms with Crippen LogP contribution in [0.5, 0.6) is 0 Å². The number of nitrogens with one attached hydrogen (secondary N) is 1. The summed E-state index contributed by atoms with van der Waals surface area (Å²) in [4.78, 5) is 31.6. The van der Waals surface area contributed by atoms with Crippen LogP contribution in [0.3, 0.4) is 0 Å². The van der Waals surface area contributed by atoms with Crippen molar-refractivity contribution < 1.29 is 14.0 Å². The lowest BCUT2D eigenvalue weighted by molar-refractivity contribution is -0.114. The van der Waals surface area contributed by atoms with Gasteiger partial charge in [0.15, 0.2) is 11.6 Å². The number of hydrogen-bond acceptors (Lipinski definition) is 5. The number of carbonyl (C=O) groups excluding carboxylic acids is 2. The maximum absolute atomic E-state index is 12.4. The topological polar surface area (TPSA) is 78.7 Å². The molecule has 0 spiro atoms. The SMILES string of the molecule is CC(=O)Nc1ccc(C(=O)N2CCN(c3ccccn3)CC2)o1. The summed E-state index contributed by atoms with van der Waals surface area (Å²) < 4.78 is 5.37. The van der Waals surface area contributed by atoms with Gasteiger partial charge in [-0.2, -0.15) is 0 Å². The highest BCUT2D eigenvalue weighted by molar-refractivity contribution is 5.93. The summed E-state index contributed by atoms with van der Waals surface area (Å²) in [7, 11) is 0. The maximum Gasteiger partial charge on any atom is 0.289 e. The Morgan fingerprint density at radius 2 is 1.91 bits per heavy atom. The Hall–Kier alpha value is -2.83. The minimum absolute atomic E-state index is 0.165. The number of piperazine rings is 1. The minimum Gasteiger partial charge on any atom is -0.435 e. The Kier molecular flexibility index (Phi) is 4.27. The fourth-order valence-electron chi connectivity index (χ4n) is 2.53. The van der Waals surface area contributed by atoms with Gasteiger partial charge < -0.3 is 14.2 Å². The average molecular weight is 314 g/mol. The van der Waals surface area contributed by atoms with E-state index >= 15 is 0 Å². The van der Waals surface area contributed by atoms with Crippen molar-refractivity contribution in [1.82, 2.24) is 9.88 Å². The van der Waals surface area contributed by atoms with Crippen LogP contribution in [0.4, 0.5) is 11.7 Å². The van der Waals surface area contributed by atoms with Gasteiger partial charge in [-0.15, -0.1) is 0 Å². The number of pyridine rings is 1. The molecule has 2 amide bonds. The molecule has 0 aromatic carbocycles. The average Bonchev–Trinajstić information content (AvgIpc) is 3.03. The normalized spacial score (nSPS) is 14.7. The monoisotopic (exact) mass is 314 g/mol. The zero-order valence-corrected chi connectivity index (χ0v) is 12.9. The van der Waals surface area contributed by atoms with Crippen molar-refractivity contribution in [2.45, 2.75) is 6.92 Å². The Morgan fingerprint density at radius 1 is 1.13 bits per heavy atom. The second-order valence-corrected chi connectivity index (χ2v) is 5.31. The van der Waals surface area contributed by atoms with E-state index in [2.05, 4.69) is 15.2 Å². The van der Waals surface area contributed by atoms with Crippen molar-refractivity contribution in [2.75, 3.05) is 36.4 Å². The molecule has 0 bridgehead atoms. The molecule has 1 fully saturated rings. The number of aromatic nitrogens is 1. The zero-order valence-electron chi connectivity index (χ0n) is 12.9. The third-order valence-corrected chi connectivity index (χ3v) is 3.66. The van der Waals surface area contributed by atoms with Crippen LogP contribution in [0.25, 0.3) is 0 Å². The fraction of sp³-hybridized carbons (Fsp3) is 0.312. The van der Waals surface area contributed by atoms with Crippen molar-refractivity contribution >= 4 is 23.5 Å². The largest absolute Gasteiger partial charge is 0.435 e. The number of rotatable bonds is 3. The first kappa shape index (κ1) is 15.1. The molecule has 1 aliphatic heterocycles. The van der Waals surface area contributed by atoms with Gasteiger partial charge in [-0.1, -0.05) is 6.07 Å². The molecular formula is C16H18N4O3. The molecule has 0 radical (unpaired) electrons. The number of furan rings is 1. The fourth-order valence-corrected chi connectivity index (χ4v) is 2.53. The predicted octanol–water partition coefficient (Wildman–Crippen LogP) is 1.60. The third kappa shape index (κ3) is 3.50. The molecule has 0 saturated carbocycles. The summed E-state index contributed by atoms with van der Waals surface area (Å²) in [6.07, 6.45) is 1.76. The molecule has 0 unspecified atom stereocenters. The molecule has 23 heavy (non-hydrogen) atoms. The van der Waals surface area contributed by atoms with Gasteiger partial charge in [0.25, 0.3) is 5.91 Å². The first-order valence-corrected chi connectivity index (χ1v) is 7.46. The van der Waals surface area contributed by atoms with Gasteiger partial charge in [-0.05, 0) is 18.2 Å². The van der Waals surface area contributed by atoms with Crippen molar-refractivity contribution in [1.29, 1.82) is 0 Å². The van der Waals surface area contributed by atoms with E-state index in [1.807, 2.05) is 18.2 Å². The van der Waals surface area contributed by atoms with Crippen LogP contribution in [0, 0.1) is 0 Å². The molecule has 2 aromatic rings. The molecule has 120 valence electrons. The molecule has 0 atom stereocenters. The molecule has 1 saturated heterocycles. The Morgan fingerprint density at radius 3 is 2.57 bits per heavy atom. The molecule has 3 heterocycles. The molecule has 7 nitrogen and oxygen atoms in total. The van der Waals surface area contributed by atoms with Gasteiger partial charge >= 0.3 is 0 Å². The number of nitrogens with zero attached hydrogens (tertiary/aromatic N) is 3. The van der Waals surface area contributed by atoms with Crippen LogP contribution in [-0.2, 0) is 4.79 Å². The van der Waals surface area contributed by atoms with Crippen molar-refractivity contribution in [2.24, 2.45) is 0 Å². The van der Waals surface area contributed by atoms with Gasteiger partial charge in [0.1, 0.15) is 5.82 Å². The standard InChI is InChI=1S/C16H18N4O3/c1-12(21)18-15-6-5-13(23-15)16(22)20-10-8-19(9-11-20)14-4-2-3-7-17-14/h2-7H,8-11H2,1H3,(H,18,21). The van der Waals surface area contributed by atoms with Crippen LogP contribution < -0.4 is 10.2 Å². The van der Waals surface area contributed by atoms with Gasteiger partial charge in [-0.3, -0.25) is 14.9 Å². The lowest BCUT2D eigenvalue weighted by Gasteiger charge is -2.34. The quantitative estimate of drug-likeness (QED) is 0.931. The lowest BCUT2D eigenvalue weighted by Crippen LogP contribution is -2.49. The summed E-state index contributed by atoms with van der Waals surface area (Å²) >= 11 is 0. The van der Waals surface area contributed by atoms with E-state index in [0.29, 0.717) is 13.1 Å². The van der Waals surface area contributed by atoms with E-state index in [9.17, 15) is 9.59 Å². The zero-order chi connectivity index (χ0) is 16.2. The molecule has 1 N–H and O–H groups in total. The van der Waals surface area contributed by atoms with E-state index in [0.717, 1.165) is 18.9 Å². The first-order valence-electron chi connectivity index (χ1n) is 7.46. The van der Waals surface area contributed by atoms with Gasteiger partial charge in [0, 0.05) is 45.4 Å². The van der Waals surface area contributed by atoms with Crippen LogP contribution in [-0.4, -0.2) is 47.9 Å². The summed E-state index contributed by atoms with van der Waals surface area (Å²) in [5.41, 5.74) is 0. The highest BCUT2D eigenvalue weighted by Crippen LogP contribution is 2.18. The van der Waals surface area contributed by atoms with Crippen molar-refractivity contribution in [3.8, 4) is 0 Å². The summed E-state index contributed by atoms with van der Waals surface area (Å²) in [5.74, 6) is 1.04. The first-order chi connectivity index (χ1) is 11.1. The van der Waals surface area contributed by atoms with Gasteiger partial charge in [-0.25, -0.2) is 4.98 Å². The van der Waals surface area contributed by atoms with E-state index in [-0.39, 0.29) is 23.5 Å². The second-order valence-electron chi connectivity index (χ2n) is 5.31. The van der Waals surface area contributed by atoms with Crippen LogP contribution >= 0.6 is 0 Å². The van der Waals surface area contributed by atoms with Gasteiger partial charge in [0.2, 0.25) is 5.91 Å². The Bertz CT molecular complexity index is 690. The van der Waals surface area contributed by atoms with Gasteiger partial charge in [0.05, 0.1) is 0 Å². The lowest BCUT2D eigenvalue weighted by atomic mass is 10.2. The molecular weight excluding hydrogens is 296 g/mol.